The van der Waals surface area contributed by atoms with E-state index in [1.165, 1.54) is 32.2 Å². The van der Waals surface area contributed by atoms with Crippen LogP contribution in [0.1, 0.15) is 17.3 Å². The molecule has 17 heavy (non-hydrogen) atoms. The molecule has 1 atom stereocenters. The van der Waals surface area contributed by atoms with E-state index < -0.39 is 21.1 Å². The molecular formula is C11H14O5S. The SMILES string of the molecule is COCC(C)S(=O)(=O)c1cccc(C(=O)O)c1. The molecule has 5 nitrogen and oxygen atoms in total. The van der Waals surface area contributed by atoms with Gasteiger partial charge in [0.2, 0.25) is 0 Å². The highest BCUT2D eigenvalue weighted by Crippen LogP contribution is 2.17. The second-order valence-electron chi connectivity index (χ2n) is 3.64. The van der Waals surface area contributed by atoms with Crippen LogP contribution in [0.25, 0.3) is 0 Å². The van der Waals surface area contributed by atoms with Crippen molar-refractivity contribution in [2.75, 3.05) is 13.7 Å². The summed E-state index contributed by atoms with van der Waals surface area (Å²) in [5.74, 6) is -1.15. The molecule has 1 N–H and O–H groups in total. The number of carbonyl (C=O) groups is 1. The molecule has 0 radical (unpaired) electrons. The number of benzene rings is 1. The molecule has 0 aliphatic rings. The number of hydrogen-bond acceptors (Lipinski definition) is 4. The second-order valence-corrected chi connectivity index (χ2v) is 6.01. The number of hydrogen-bond donors (Lipinski definition) is 1. The number of methoxy groups -OCH3 is 1. The lowest BCUT2D eigenvalue weighted by atomic mass is 10.2. The summed E-state index contributed by atoms with van der Waals surface area (Å²) in [6.45, 7) is 1.59. The lowest BCUT2D eigenvalue weighted by Crippen LogP contribution is -2.23. The Balaban J connectivity index is 3.15. The van der Waals surface area contributed by atoms with Gasteiger partial charge in [-0.1, -0.05) is 6.07 Å². The van der Waals surface area contributed by atoms with Crippen molar-refractivity contribution < 1.29 is 23.1 Å². The average Bonchev–Trinajstić information content (AvgIpc) is 2.29. The van der Waals surface area contributed by atoms with Gasteiger partial charge in [-0.2, -0.15) is 0 Å². The fourth-order valence-electron chi connectivity index (χ4n) is 1.36. The van der Waals surface area contributed by atoms with Crippen LogP contribution < -0.4 is 0 Å². The van der Waals surface area contributed by atoms with E-state index in [2.05, 4.69) is 0 Å². The Morgan fingerprint density at radius 1 is 1.47 bits per heavy atom. The van der Waals surface area contributed by atoms with Crippen molar-refractivity contribution in [2.45, 2.75) is 17.1 Å². The maximum Gasteiger partial charge on any atom is 0.335 e. The third kappa shape index (κ3) is 3.04. The first-order chi connectivity index (χ1) is 7.89. The minimum Gasteiger partial charge on any atom is -0.478 e. The molecule has 0 aromatic heterocycles. The highest BCUT2D eigenvalue weighted by Gasteiger charge is 2.23. The van der Waals surface area contributed by atoms with Gasteiger partial charge in [-0.05, 0) is 25.1 Å². The monoisotopic (exact) mass is 258 g/mol. The van der Waals surface area contributed by atoms with Crippen LogP contribution in [0, 0.1) is 0 Å². The molecule has 0 spiro atoms. The molecule has 0 fully saturated rings. The molecule has 1 aromatic carbocycles. The smallest absolute Gasteiger partial charge is 0.335 e. The molecule has 6 heteroatoms. The van der Waals surface area contributed by atoms with Crippen molar-refractivity contribution in [2.24, 2.45) is 0 Å². The predicted octanol–water partition coefficient (Wildman–Crippen LogP) is 1.19. The first-order valence-electron chi connectivity index (χ1n) is 4.95. The van der Waals surface area contributed by atoms with Gasteiger partial charge in [0.15, 0.2) is 9.84 Å². The number of carboxylic acids is 1. The molecule has 0 saturated carbocycles. The zero-order chi connectivity index (χ0) is 13.1. The molecule has 1 unspecified atom stereocenters. The van der Waals surface area contributed by atoms with Crippen LogP contribution in [0.5, 0.6) is 0 Å². The number of rotatable bonds is 5. The van der Waals surface area contributed by atoms with Crippen molar-refractivity contribution in [1.29, 1.82) is 0 Å². The first-order valence-corrected chi connectivity index (χ1v) is 6.50. The van der Waals surface area contributed by atoms with E-state index >= 15 is 0 Å². The first kappa shape index (κ1) is 13.7. The van der Waals surface area contributed by atoms with Crippen LogP contribution in [-0.4, -0.2) is 38.5 Å². The molecule has 0 heterocycles. The highest BCUT2D eigenvalue weighted by molar-refractivity contribution is 7.92. The second kappa shape index (κ2) is 5.29. The Kier molecular flexibility index (Phi) is 4.25. The van der Waals surface area contributed by atoms with Gasteiger partial charge in [0.05, 0.1) is 22.3 Å². The zero-order valence-electron chi connectivity index (χ0n) is 9.58. The predicted molar refractivity (Wildman–Crippen MR) is 61.9 cm³/mol. The third-order valence-corrected chi connectivity index (χ3v) is 4.45. The summed E-state index contributed by atoms with van der Waals surface area (Å²) in [7, 11) is -2.13. The fourth-order valence-corrected chi connectivity index (χ4v) is 2.70. The lowest BCUT2D eigenvalue weighted by molar-refractivity contribution is 0.0696. The molecule has 0 aliphatic heterocycles. The molecule has 1 aromatic rings. The Morgan fingerprint density at radius 3 is 2.65 bits per heavy atom. The van der Waals surface area contributed by atoms with E-state index in [0.29, 0.717) is 0 Å². The van der Waals surface area contributed by atoms with Crippen LogP contribution in [0.15, 0.2) is 29.2 Å². The number of aromatic carboxylic acids is 1. The topological polar surface area (TPSA) is 80.7 Å². The normalized spacial score (nSPS) is 13.3. The summed E-state index contributed by atoms with van der Waals surface area (Å²) in [4.78, 5) is 10.8. The quantitative estimate of drug-likeness (QED) is 0.858. The maximum atomic E-state index is 12.0. The summed E-state index contributed by atoms with van der Waals surface area (Å²) >= 11 is 0. The minimum absolute atomic E-state index is 0.00181. The van der Waals surface area contributed by atoms with Gasteiger partial charge in [0.1, 0.15) is 0 Å². The zero-order valence-corrected chi connectivity index (χ0v) is 10.4. The summed E-state index contributed by atoms with van der Waals surface area (Å²) < 4.78 is 28.8. The summed E-state index contributed by atoms with van der Waals surface area (Å²) in [6, 6.07) is 5.30. The molecule has 0 amide bonds. The van der Waals surface area contributed by atoms with Gasteiger partial charge in [0, 0.05) is 7.11 Å². The Morgan fingerprint density at radius 2 is 2.12 bits per heavy atom. The number of sulfone groups is 1. The van der Waals surface area contributed by atoms with Crippen molar-refractivity contribution >= 4 is 15.8 Å². The van der Waals surface area contributed by atoms with Crippen LogP contribution in [0.3, 0.4) is 0 Å². The molecule has 0 aliphatic carbocycles. The summed E-state index contributed by atoms with van der Waals surface area (Å²) in [6.07, 6.45) is 0. The van der Waals surface area contributed by atoms with Gasteiger partial charge < -0.3 is 9.84 Å². The van der Waals surface area contributed by atoms with E-state index in [1.807, 2.05) is 0 Å². The van der Waals surface area contributed by atoms with Gasteiger partial charge >= 0.3 is 5.97 Å². The van der Waals surface area contributed by atoms with E-state index in [-0.39, 0.29) is 17.1 Å². The average molecular weight is 258 g/mol. The largest absolute Gasteiger partial charge is 0.478 e. The standard InChI is InChI=1S/C11H14O5S/c1-8(7-16-2)17(14,15)10-5-3-4-9(6-10)11(12)13/h3-6,8H,7H2,1-2H3,(H,12,13). The van der Waals surface area contributed by atoms with Crippen LogP contribution in [-0.2, 0) is 14.6 Å². The Bertz CT molecular complexity index is 506. The molecular weight excluding hydrogens is 244 g/mol. The van der Waals surface area contributed by atoms with Crippen molar-refractivity contribution in [3.63, 3.8) is 0 Å². The molecule has 1 rings (SSSR count). The van der Waals surface area contributed by atoms with Crippen LogP contribution in [0.2, 0.25) is 0 Å². The van der Waals surface area contributed by atoms with Crippen molar-refractivity contribution in [3.8, 4) is 0 Å². The Hall–Kier alpha value is -1.40. The van der Waals surface area contributed by atoms with E-state index in [1.54, 1.807) is 0 Å². The number of carboxylic acid groups (broad SMARTS) is 1. The minimum atomic E-state index is -3.55. The lowest BCUT2D eigenvalue weighted by Gasteiger charge is -2.12. The Labute approximate surface area is 100.0 Å². The summed E-state index contributed by atoms with van der Waals surface area (Å²) in [5, 5.41) is 8.09. The fraction of sp³-hybridized carbons (Fsp3) is 0.364. The summed E-state index contributed by atoms with van der Waals surface area (Å²) in [5.41, 5.74) is -0.0457. The molecule has 0 saturated heterocycles. The van der Waals surface area contributed by atoms with Gasteiger partial charge in [-0.25, -0.2) is 13.2 Å². The van der Waals surface area contributed by atoms with E-state index in [9.17, 15) is 13.2 Å². The highest BCUT2D eigenvalue weighted by atomic mass is 32.2. The molecule has 0 bridgehead atoms. The van der Waals surface area contributed by atoms with E-state index in [0.717, 1.165) is 6.07 Å². The maximum absolute atomic E-state index is 12.0. The number of ether oxygens (including phenoxy) is 1. The van der Waals surface area contributed by atoms with Gasteiger partial charge in [0.25, 0.3) is 0 Å². The van der Waals surface area contributed by atoms with Crippen molar-refractivity contribution in [1.82, 2.24) is 0 Å². The van der Waals surface area contributed by atoms with Crippen LogP contribution >= 0.6 is 0 Å². The van der Waals surface area contributed by atoms with Crippen LogP contribution in [0.4, 0.5) is 0 Å². The van der Waals surface area contributed by atoms with Gasteiger partial charge in [-0.15, -0.1) is 0 Å². The van der Waals surface area contributed by atoms with Gasteiger partial charge in [-0.3, -0.25) is 0 Å². The third-order valence-electron chi connectivity index (χ3n) is 2.34. The molecule has 94 valence electrons. The van der Waals surface area contributed by atoms with Crippen molar-refractivity contribution in [3.05, 3.63) is 29.8 Å². The van der Waals surface area contributed by atoms with E-state index in [4.69, 9.17) is 9.84 Å².